The number of anilines is 2. The van der Waals surface area contributed by atoms with Crippen molar-refractivity contribution < 1.29 is 14.0 Å². The molecule has 0 radical (unpaired) electrons. The van der Waals surface area contributed by atoms with E-state index < -0.39 is 6.17 Å². The number of halogens is 1. The highest BCUT2D eigenvalue weighted by Gasteiger charge is 2.26. The Kier molecular flexibility index (Phi) is 6.01. The highest BCUT2D eigenvalue weighted by molar-refractivity contribution is 5.94. The van der Waals surface area contributed by atoms with Gasteiger partial charge in [0.15, 0.2) is 0 Å². The predicted molar refractivity (Wildman–Crippen MR) is 114 cm³/mol. The van der Waals surface area contributed by atoms with Crippen molar-refractivity contribution in [1.29, 1.82) is 5.41 Å². The topological polar surface area (TPSA) is 94.3 Å². The van der Waals surface area contributed by atoms with Gasteiger partial charge < -0.3 is 15.1 Å². The number of pyridine rings is 2. The third-order valence-electron chi connectivity index (χ3n) is 5.78. The lowest BCUT2D eigenvalue weighted by Gasteiger charge is -2.31. The van der Waals surface area contributed by atoms with Crippen LogP contribution in [0.1, 0.15) is 42.1 Å². The van der Waals surface area contributed by atoms with Crippen molar-refractivity contribution in [3.63, 3.8) is 0 Å². The Balaban J connectivity index is 1.57. The molecule has 2 amide bonds. The number of carbonyl (C=O) groups is 2. The summed E-state index contributed by atoms with van der Waals surface area (Å²) in [6.07, 6.45) is 4.82. The van der Waals surface area contributed by atoms with Crippen LogP contribution in [0.2, 0.25) is 0 Å². The molecule has 0 saturated carbocycles. The second-order valence-electron chi connectivity index (χ2n) is 7.90. The highest BCUT2D eigenvalue weighted by Crippen LogP contribution is 2.31. The molecule has 164 valence electrons. The van der Waals surface area contributed by atoms with Gasteiger partial charge in [-0.05, 0) is 50.3 Å². The number of nitrogens with zero attached hydrogens (tertiary/aromatic N) is 4. The molecular formula is C22H27FN6O2. The zero-order valence-electron chi connectivity index (χ0n) is 17.6. The first-order valence-electron chi connectivity index (χ1n) is 10.7. The predicted octanol–water partition coefficient (Wildman–Crippen LogP) is 2.60. The van der Waals surface area contributed by atoms with Crippen LogP contribution in [0.25, 0.3) is 0 Å². The molecule has 2 aromatic rings. The van der Waals surface area contributed by atoms with Crippen LogP contribution in [0.3, 0.4) is 0 Å². The normalized spacial score (nSPS) is 16.7. The number of hydrogen-bond acceptors (Lipinski definition) is 5. The fourth-order valence-corrected chi connectivity index (χ4v) is 4.14. The molecule has 0 unspecified atom stereocenters. The Morgan fingerprint density at radius 1 is 1.26 bits per heavy atom. The number of aromatic nitrogens is 2. The lowest BCUT2D eigenvalue weighted by molar-refractivity contribution is 0.0666. The molecule has 1 saturated heterocycles. The largest absolute Gasteiger partial charge is 0.338 e. The van der Waals surface area contributed by atoms with Gasteiger partial charge in [0.05, 0.1) is 5.56 Å². The van der Waals surface area contributed by atoms with E-state index in [1.165, 1.54) is 4.57 Å². The molecule has 31 heavy (non-hydrogen) atoms. The number of fused-ring (bicyclic) bond motifs is 1. The minimum atomic E-state index is -0.821. The first-order chi connectivity index (χ1) is 15.0. The number of likely N-dealkylation sites (tertiary alicyclic amines) is 1. The van der Waals surface area contributed by atoms with Gasteiger partial charge in [0.1, 0.15) is 17.5 Å². The first-order valence-corrected chi connectivity index (χ1v) is 10.7. The summed E-state index contributed by atoms with van der Waals surface area (Å²) < 4.78 is 14.7. The van der Waals surface area contributed by atoms with Crippen LogP contribution in [-0.2, 0) is 6.42 Å². The summed E-state index contributed by atoms with van der Waals surface area (Å²) in [5.74, 6) is 0.663. The molecule has 9 heteroatoms. The number of rotatable bonds is 3. The van der Waals surface area contributed by atoms with E-state index in [4.69, 9.17) is 5.41 Å². The molecule has 0 spiro atoms. The van der Waals surface area contributed by atoms with Crippen LogP contribution in [0.4, 0.5) is 20.7 Å². The molecule has 2 aromatic heterocycles. The maximum atomic E-state index is 13.4. The van der Waals surface area contributed by atoms with Crippen molar-refractivity contribution >= 4 is 23.4 Å². The zero-order valence-corrected chi connectivity index (χ0v) is 17.6. The number of aryl methyl sites for hydroxylation is 1. The van der Waals surface area contributed by atoms with Gasteiger partial charge in [-0.1, -0.05) is 0 Å². The average Bonchev–Trinajstić information content (AvgIpc) is 2.78. The average molecular weight is 426 g/mol. The number of hydrogen-bond donors (Lipinski definition) is 2. The zero-order chi connectivity index (χ0) is 22.0. The van der Waals surface area contributed by atoms with E-state index >= 15 is 0 Å². The van der Waals surface area contributed by atoms with E-state index in [2.05, 4.69) is 10.3 Å². The maximum Gasteiger partial charge on any atom is 0.327 e. The van der Waals surface area contributed by atoms with E-state index in [9.17, 15) is 14.0 Å². The van der Waals surface area contributed by atoms with Crippen LogP contribution >= 0.6 is 0 Å². The minimum Gasteiger partial charge on any atom is -0.338 e. The monoisotopic (exact) mass is 426 g/mol. The third-order valence-corrected chi connectivity index (χ3v) is 5.78. The van der Waals surface area contributed by atoms with Gasteiger partial charge in [-0.15, -0.1) is 0 Å². The number of piperidine rings is 1. The summed E-state index contributed by atoms with van der Waals surface area (Å²) in [7, 11) is 0. The summed E-state index contributed by atoms with van der Waals surface area (Å²) in [6, 6.07) is 4.99. The van der Waals surface area contributed by atoms with Crippen LogP contribution in [0.5, 0.6) is 0 Å². The van der Waals surface area contributed by atoms with Gasteiger partial charge in [-0.25, -0.2) is 14.2 Å². The molecule has 0 aromatic carbocycles. The van der Waals surface area contributed by atoms with Crippen LogP contribution in [0.15, 0.2) is 30.6 Å². The number of carbonyl (C=O) groups excluding carboxylic acids is 2. The van der Waals surface area contributed by atoms with Gasteiger partial charge in [-0.2, -0.15) is 0 Å². The highest BCUT2D eigenvalue weighted by atomic mass is 19.1. The second kappa shape index (κ2) is 8.87. The molecule has 0 atom stereocenters. The van der Waals surface area contributed by atoms with E-state index in [0.29, 0.717) is 38.0 Å². The molecule has 4 heterocycles. The van der Waals surface area contributed by atoms with Gasteiger partial charge in [0, 0.05) is 50.3 Å². The summed E-state index contributed by atoms with van der Waals surface area (Å²) >= 11 is 0. The van der Waals surface area contributed by atoms with Crippen molar-refractivity contribution in [3.05, 3.63) is 47.2 Å². The molecular weight excluding hydrogens is 399 g/mol. The number of nitrogens with one attached hydrogen (secondary N) is 2. The Morgan fingerprint density at radius 3 is 2.74 bits per heavy atom. The van der Waals surface area contributed by atoms with E-state index in [-0.39, 0.29) is 17.4 Å². The van der Waals surface area contributed by atoms with Crippen LogP contribution in [0, 0.1) is 5.41 Å². The smallest absolute Gasteiger partial charge is 0.327 e. The summed E-state index contributed by atoms with van der Waals surface area (Å²) in [6.45, 7) is 3.93. The molecule has 2 N–H and O–H groups in total. The van der Waals surface area contributed by atoms with Crippen molar-refractivity contribution in [2.45, 2.75) is 38.8 Å². The lowest BCUT2D eigenvalue weighted by atomic mass is 10.0. The van der Waals surface area contributed by atoms with Crippen molar-refractivity contribution in [2.24, 2.45) is 0 Å². The summed E-state index contributed by atoms with van der Waals surface area (Å²) in [5, 5.41) is 10.9. The Bertz CT molecular complexity index is 1040. The Hall–Kier alpha value is -3.23. The Labute approximate surface area is 180 Å². The molecule has 4 rings (SSSR count). The van der Waals surface area contributed by atoms with Crippen molar-refractivity contribution in [1.82, 2.24) is 19.8 Å². The fraction of sp³-hybridized carbons (Fsp3) is 0.455. The first kappa shape index (κ1) is 21.0. The number of alkyl halides is 1. The quantitative estimate of drug-likeness (QED) is 0.789. The number of amides is 2. The summed E-state index contributed by atoms with van der Waals surface area (Å²) in [5.41, 5.74) is 2.37. The van der Waals surface area contributed by atoms with Gasteiger partial charge >= 0.3 is 6.03 Å². The SMILES string of the molecule is CCNC(=O)n1ccc(N2CCCc3cc(C(=O)N4CCC(F)CC4)cnc32)cc1=N. The molecule has 8 nitrogen and oxygen atoms in total. The molecule has 2 aliphatic heterocycles. The van der Waals surface area contributed by atoms with Crippen LogP contribution < -0.4 is 15.7 Å². The van der Waals surface area contributed by atoms with Crippen molar-refractivity contribution in [2.75, 3.05) is 31.1 Å². The van der Waals surface area contributed by atoms with Gasteiger partial charge in [0.2, 0.25) is 0 Å². The fourth-order valence-electron chi connectivity index (χ4n) is 4.14. The third kappa shape index (κ3) is 4.30. The van der Waals surface area contributed by atoms with E-state index in [1.54, 1.807) is 29.4 Å². The minimum absolute atomic E-state index is 0.0821. The van der Waals surface area contributed by atoms with Crippen LogP contribution in [-0.4, -0.2) is 58.7 Å². The molecule has 0 bridgehead atoms. The standard InChI is InChI=1S/C22H27FN6O2/c1-2-25-22(31)29-11-7-18(13-19(29)24)28-8-3-4-15-12-16(14-26-20(15)28)21(30)27-9-5-17(23)6-10-27/h7,11-14,17,24H,2-6,8-10H2,1H3,(H,25,31). The Morgan fingerprint density at radius 2 is 2.03 bits per heavy atom. The van der Waals surface area contributed by atoms with Gasteiger partial charge in [0.25, 0.3) is 5.91 Å². The lowest BCUT2D eigenvalue weighted by Crippen LogP contribution is -2.39. The van der Waals surface area contributed by atoms with Crippen molar-refractivity contribution in [3.8, 4) is 0 Å². The maximum absolute atomic E-state index is 13.4. The van der Waals surface area contributed by atoms with Gasteiger partial charge in [-0.3, -0.25) is 14.8 Å². The van der Waals surface area contributed by atoms with E-state index in [0.717, 1.165) is 36.5 Å². The summed E-state index contributed by atoms with van der Waals surface area (Å²) in [4.78, 5) is 33.2. The van der Waals surface area contributed by atoms with E-state index in [1.807, 2.05) is 17.9 Å². The molecule has 0 aliphatic carbocycles. The molecule has 1 fully saturated rings. The second-order valence-corrected chi connectivity index (χ2v) is 7.90. The molecule has 2 aliphatic rings.